The number of rotatable bonds is 8. The van der Waals surface area contributed by atoms with Crippen LogP contribution in [0.1, 0.15) is 61.9 Å². The molecule has 2 heteroatoms. The lowest BCUT2D eigenvalue weighted by Crippen LogP contribution is -2.05. The normalized spacial score (nSPS) is 11.2. The number of methoxy groups -OCH3 is 1. The van der Waals surface area contributed by atoms with Crippen molar-refractivity contribution in [3.05, 3.63) is 106 Å². The van der Waals surface area contributed by atoms with Gasteiger partial charge in [-0.2, -0.15) is 0 Å². The maximum Gasteiger partial charge on any atom is 0.156 e. The summed E-state index contributed by atoms with van der Waals surface area (Å²) in [6.45, 7) is 10.1. The van der Waals surface area contributed by atoms with Gasteiger partial charge in [-0.3, -0.25) is 4.79 Å². The van der Waals surface area contributed by atoms with Gasteiger partial charge >= 0.3 is 0 Å². The van der Waals surface area contributed by atoms with Crippen molar-refractivity contribution in [1.82, 2.24) is 0 Å². The predicted octanol–water partition coefficient (Wildman–Crippen LogP) is 7.81. The zero-order valence-corrected chi connectivity index (χ0v) is 21.1. The van der Waals surface area contributed by atoms with E-state index in [1.807, 2.05) is 31.2 Å². The summed E-state index contributed by atoms with van der Waals surface area (Å²) in [6, 6.07) is 25.0. The van der Waals surface area contributed by atoms with Crippen LogP contribution in [0.25, 0.3) is 5.57 Å². The number of benzene rings is 3. The van der Waals surface area contributed by atoms with Gasteiger partial charge in [0.15, 0.2) is 5.78 Å². The van der Waals surface area contributed by atoms with Crippen molar-refractivity contribution in [2.75, 3.05) is 7.11 Å². The summed E-state index contributed by atoms with van der Waals surface area (Å²) in [7, 11) is 1.70. The van der Waals surface area contributed by atoms with Crippen molar-refractivity contribution in [3.8, 4) is 5.75 Å². The monoisotopic (exact) mass is 442 g/mol. The molecule has 2 nitrogen and oxygen atoms in total. The first kappa shape index (κ1) is 26.1. The first-order valence-corrected chi connectivity index (χ1v) is 11.9. The quantitative estimate of drug-likeness (QED) is 0.333. The van der Waals surface area contributed by atoms with Gasteiger partial charge in [-0.25, -0.2) is 0 Å². The minimum absolute atomic E-state index is 0.134. The highest BCUT2D eigenvalue weighted by Gasteiger charge is 2.16. The number of hydrogen-bond donors (Lipinski definition) is 0. The van der Waals surface area contributed by atoms with Crippen molar-refractivity contribution in [3.63, 3.8) is 0 Å². The predicted molar refractivity (Wildman–Crippen MR) is 141 cm³/mol. The lowest BCUT2D eigenvalue weighted by Gasteiger charge is -2.17. The Bertz CT molecular complexity index is 1050. The molecule has 3 aromatic rings. The van der Waals surface area contributed by atoms with Gasteiger partial charge in [0.1, 0.15) is 5.75 Å². The third kappa shape index (κ3) is 7.75. The molecule has 0 aliphatic rings. The number of hydrogen-bond acceptors (Lipinski definition) is 2. The Morgan fingerprint density at radius 3 is 1.79 bits per heavy atom. The van der Waals surface area contributed by atoms with Gasteiger partial charge in [0.25, 0.3) is 0 Å². The number of Topliss-reactive ketones (excluding diaryl/α,β-unsaturated/α-hetero) is 1. The van der Waals surface area contributed by atoms with Gasteiger partial charge in [-0.1, -0.05) is 80.6 Å². The number of ketones is 1. The lowest BCUT2D eigenvalue weighted by molar-refractivity contribution is -0.113. The zero-order chi connectivity index (χ0) is 24.2. The molecule has 0 saturated heterocycles. The second-order valence-corrected chi connectivity index (χ2v) is 8.33. The van der Waals surface area contributed by atoms with Crippen LogP contribution in [-0.2, 0) is 24.1 Å². The molecule has 0 spiro atoms. The average molecular weight is 443 g/mol. The fraction of sp³-hybridized carbons (Fsp3) is 0.323. The summed E-state index contributed by atoms with van der Waals surface area (Å²) in [4.78, 5) is 12.3. The smallest absolute Gasteiger partial charge is 0.156 e. The van der Waals surface area contributed by atoms with E-state index in [4.69, 9.17) is 4.74 Å². The van der Waals surface area contributed by atoms with Crippen molar-refractivity contribution < 1.29 is 9.53 Å². The van der Waals surface area contributed by atoms with E-state index in [1.54, 1.807) is 14.0 Å². The summed E-state index contributed by atoms with van der Waals surface area (Å²) < 4.78 is 5.64. The molecule has 0 radical (unpaired) electrons. The van der Waals surface area contributed by atoms with Crippen LogP contribution < -0.4 is 4.74 Å². The fourth-order valence-electron chi connectivity index (χ4n) is 4.08. The molecule has 0 fully saturated rings. The molecule has 0 aliphatic carbocycles. The Kier molecular flexibility index (Phi) is 10.6. The van der Waals surface area contributed by atoms with Gasteiger partial charge in [0, 0.05) is 5.56 Å². The first-order valence-electron chi connectivity index (χ1n) is 11.9. The standard InChI is InChI=1S/C23H28O2.C8H10/c1-6-19-14-16(2)23(22(15-19)25-5)17(3)21(18(4)24)13-12-20-10-8-7-9-11-20;1-2-8-6-4-3-5-7-8/h7-11,14-15H,6,12-13H2,1-5H3;3-7H,2H2,1H3/b21-17-;. The molecule has 33 heavy (non-hydrogen) atoms. The van der Waals surface area contributed by atoms with Gasteiger partial charge in [-0.15, -0.1) is 0 Å². The van der Waals surface area contributed by atoms with Crippen molar-refractivity contribution in [2.24, 2.45) is 0 Å². The van der Waals surface area contributed by atoms with Gasteiger partial charge in [0.2, 0.25) is 0 Å². The topological polar surface area (TPSA) is 26.3 Å². The van der Waals surface area contributed by atoms with Gasteiger partial charge < -0.3 is 4.74 Å². The van der Waals surface area contributed by atoms with E-state index in [0.717, 1.165) is 53.7 Å². The van der Waals surface area contributed by atoms with E-state index in [0.29, 0.717) is 0 Å². The lowest BCUT2D eigenvalue weighted by atomic mass is 9.90. The van der Waals surface area contributed by atoms with Crippen LogP contribution in [0.2, 0.25) is 0 Å². The Balaban J connectivity index is 0.000000405. The SMILES string of the molecule is CCc1cc(C)c(/C(C)=C(/CCc2ccccc2)C(C)=O)c(OC)c1.CCc1ccccc1. The highest BCUT2D eigenvalue weighted by Crippen LogP contribution is 2.34. The number of carbonyl (C=O) groups is 1. The van der Waals surface area contributed by atoms with Crippen molar-refractivity contribution >= 4 is 11.4 Å². The van der Waals surface area contributed by atoms with Crippen LogP contribution in [0.5, 0.6) is 5.75 Å². The molecule has 0 bridgehead atoms. The van der Waals surface area contributed by atoms with Crippen LogP contribution in [0.15, 0.2) is 78.4 Å². The van der Waals surface area contributed by atoms with E-state index < -0.39 is 0 Å². The summed E-state index contributed by atoms with van der Waals surface area (Å²) >= 11 is 0. The average Bonchev–Trinajstić information content (AvgIpc) is 2.84. The minimum Gasteiger partial charge on any atom is -0.496 e. The molecule has 0 saturated carbocycles. The van der Waals surface area contributed by atoms with Crippen molar-refractivity contribution in [2.45, 2.75) is 60.3 Å². The molecule has 0 aromatic heterocycles. The number of carbonyl (C=O) groups excluding carboxylic acids is 1. The van der Waals surface area contributed by atoms with E-state index in [-0.39, 0.29) is 5.78 Å². The molecule has 3 rings (SSSR count). The summed E-state index contributed by atoms with van der Waals surface area (Å²) in [5.74, 6) is 0.988. The molecule has 0 aliphatic heterocycles. The van der Waals surface area contributed by atoms with Crippen LogP contribution in [0, 0.1) is 6.92 Å². The fourth-order valence-corrected chi connectivity index (χ4v) is 4.08. The molecule has 3 aromatic carbocycles. The molecule has 174 valence electrons. The van der Waals surface area contributed by atoms with Crippen LogP contribution in [0.4, 0.5) is 0 Å². The molecule has 0 N–H and O–H groups in total. The summed E-state index contributed by atoms with van der Waals surface area (Å²) in [5, 5.41) is 0. The van der Waals surface area contributed by atoms with E-state index in [1.165, 1.54) is 16.7 Å². The number of allylic oxidation sites excluding steroid dienone is 2. The van der Waals surface area contributed by atoms with Crippen molar-refractivity contribution in [1.29, 1.82) is 0 Å². The van der Waals surface area contributed by atoms with Crippen LogP contribution in [0.3, 0.4) is 0 Å². The summed E-state index contributed by atoms with van der Waals surface area (Å²) in [6.07, 6.45) is 3.71. The van der Waals surface area contributed by atoms with E-state index >= 15 is 0 Å². The summed E-state index contributed by atoms with van der Waals surface area (Å²) in [5.41, 5.74) is 8.03. The Hall–Kier alpha value is -3.13. The molecule has 0 unspecified atom stereocenters. The highest BCUT2D eigenvalue weighted by molar-refractivity contribution is 6.01. The van der Waals surface area contributed by atoms with E-state index in [2.05, 4.69) is 69.3 Å². The first-order chi connectivity index (χ1) is 15.9. The van der Waals surface area contributed by atoms with Gasteiger partial charge in [-0.05, 0) is 85.9 Å². The molecule has 0 heterocycles. The third-order valence-electron chi connectivity index (χ3n) is 6.00. The Morgan fingerprint density at radius 2 is 1.33 bits per heavy atom. The number of ether oxygens (including phenoxy) is 1. The molecule has 0 atom stereocenters. The molecular weight excluding hydrogens is 404 g/mol. The minimum atomic E-state index is 0.134. The van der Waals surface area contributed by atoms with Crippen LogP contribution >= 0.6 is 0 Å². The second kappa shape index (κ2) is 13.4. The molecule has 0 amide bonds. The van der Waals surface area contributed by atoms with E-state index in [9.17, 15) is 4.79 Å². The number of aryl methyl sites for hydroxylation is 4. The second-order valence-electron chi connectivity index (χ2n) is 8.33. The largest absolute Gasteiger partial charge is 0.496 e. The Morgan fingerprint density at radius 1 is 0.788 bits per heavy atom. The van der Waals surface area contributed by atoms with Crippen LogP contribution in [-0.4, -0.2) is 12.9 Å². The van der Waals surface area contributed by atoms with Gasteiger partial charge in [0.05, 0.1) is 7.11 Å². The maximum absolute atomic E-state index is 12.3. The third-order valence-corrected chi connectivity index (χ3v) is 6.00. The zero-order valence-electron chi connectivity index (χ0n) is 21.1. The Labute approximate surface area is 200 Å². The molecular formula is C31H38O2. The maximum atomic E-state index is 12.3. The highest BCUT2D eigenvalue weighted by atomic mass is 16.5.